The van der Waals surface area contributed by atoms with Crippen LogP contribution < -0.4 is 4.90 Å². The average Bonchev–Trinajstić information content (AvgIpc) is 3.32. The van der Waals surface area contributed by atoms with Crippen molar-refractivity contribution in [3.05, 3.63) is 59.1 Å². The molecule has 0 bridgehead atoms. The largest absolute Gasteiger partial charge is 0.311 e. The summed E-state index contributed by atoms with van der Waals surface area (Å²) in [5, 5.41) is 1.16. The molecule has 138 valence electrons. The van der Waals surface area contributed by atoms with E-state index in [1.165, 1.54) is 16.7 Å². The normalized spacial score (nSPS) is 20.1. The summed E-state index contributed by atoms with van der Waals surface area (Å²) in [5.74, 6) is 0.216. The van der Waals surface area contributed by atoms with E-state index in [4.69, 9.17) is 4.98 Å². The van der Waals surface area contributed by atoms with Gasteiger partial charge in [0, 0.05) is 12.2 Å². The molecule has 5 rings (SSSR count). The lowest BCUT2D eigenvalue weighted by molar-refractivity contribution is -0.120. The van der Waals surface area contributed by atoms with Crippen molar-refractivity contribution in [1.29, 1.82) is 0 Å². The van der Waals surface area contributed by atoms with Crippen molar-refractivity contribution in [2.45, 2.75) is 31.7 Å². The van der Waals surface area contributed by atoms with E-state index < -0.39 is 0 Å². The van der Waals surface area contributed by atoms with Gasteiger partial charge in [-0.15, -0.1) is 11.3 Å². The second-order valence-corrected chi connectivity index (χ2v) is 8.49. The van der Waals surface area contributed by atoms with Crippen LogP contribution in [0.1, 0.15) is 35.9 Å². The fourth-order valence-corrected chi connectivity index (χ4v) is 5.49. The minimum absolute atomic E-state index is 0.216. The van der Waals surface area contributed by atoms with Crippen LogP contribution in [0.5, 0.6) is 0 Å². The number of amides is 1. The van der Waals surface area contributed by atoms with E-state index in [-0.39, 0.29) is 11.9 Å². The first-order chi connectivity index (χ1) is 13.3. The van der Waals surface area contributed by atoms with Gasteiger partial charge >= 0.3 is 0 Å². The highest BCUT2D eigenvalue weighted by Gasteiger charge is 2.31. The van der Waals surface area contributed by atoms with Crippen molar-refractivity contribution < 1.29 is 4.79 Å². The first-order valence-corrected chi connectivity index (χ1v) is 10.6. The van der Waals surface area contributed by atoms with Gasteiger partial charge in [-0.2, -0.15) is 0 Å². The van der Waals surface area contributed by atoms with Crippen LogP contribution in [0.3, 0.4) is 0 Å². The molecule has 5 heteroatoms. The molecule has 2 aliphatic heterocycles. The first kappa shape index (κ1) is 16.9. The van der Waals surface area contributed by atoms with Crippen LogP contribution in [0.4, 0.5) is 5.69 Å². The van der Waals surface area contributed by atoms with Gasteiger partial charge in [0.2, 0.25) is 5.91 Å². The molecular formula is C22H23N3OS. The predicted octanol–water partition coefficient (Wildman–Crippen LogP) is 4.41. The number of hydrogen-bond acceptors (Lipinski definition) is 4. The third-order valence-electron chi connectivity index (χ3n) is 5.74. The zero-order chi connectivity index (χ0) is 18.2. The summed E-state index contributed by atoms with van der Waals surface area (Å²) in [7, 11) is 0. The molecule has 1 atom stereocenters. The number of fused-ring (bicyclic) bond motifs is 2. The quantitative estimate of drug-likeness (QED) is 0.678. The van der Waals surface area contributed by atoms with Crippen LogP contribution in [0.2, 0.25) is 0 Å². The number of carbonyl (C=O) groups excluding carboxylic acids is 1. The number of piperidine rings is 1. The van der Waals surface area contributed by atoms with E-state index in [9.17, 15) is 4.79 Å². The Morgan fingerprint density at radius 2 is 1.93 bits per heavy atom. The molecule has 0 spiro atoms. The Bertz CT molecular complexity index is 949. The van der Waals surface area contributed by atoms with Crippen LogP contribution in [0.15, 0.2) is 48.5 Å². The monoisotopic (exact) mass is 377 g/mol. The van der Waals surface area contributed by atoms with E-state index in [0.29, 0.717) is 6.54 Å². The lowest BCUT2D eigenvalue weighted by Crippen LogP contribution is -2.43. The summed E-state index contributed by atoms with van der Waals surface area (Å²) in [5.41, 5.74) is 3.45. The van der Waals surface area contributed by atoms with E-state index in [0.717, 1.165) is 48.6 Å². The molecule has 0 N–H and O–H groups in total. The lowest BCUT2D eigenvalue weighted by Gasteiger charge is -2.35. The first-order valence-electron chi connectivity index (χ1n) is 9.77. The Morgan fingerprint density at radius 1 is 1.07 bits per heavy atom. The van der Waals surface area contributed by atoms with Gasteiger partial charge in [0.15, 0.2) is 0 Å². The number of benzene rings is 2. The summed E-state index contributed by atoms with van der Waals surface area (Å²) < 4.78 is 1.23. The maximum Gasteiger partial charge on any atom is 0.241 e. The number of likely N-dealkylation sites (tertiary alicyclic amines) is 1. The smallest absolute Gasteiger partial charge is 0.241 e. The minimum Gasteiger partial charge on any atom is -0.311 e. The average molecular weight is 378 g/mol. The van der Waals surface area contributed by atoms with E-state index in [2.05, 4.69) is 41.3 Å². The van der Waals surface area contributed by atoms with Crippen molar-refractivity contribution in [3.8, 4) is 0 Å². The molecule has 0 radical (unpaired) electrons. The van der Waals surface area contributed by atoms with Gasteiger partial charge < -0.3 is 4.90 Å². The topological polar surface area (TPSA) is 36.4 Å². The molecule has 3 aromatic rings. The Labute approximate surface area is 163 Å². The molecule has 27 heavy (non-hydrogen) atoms. The number of aromatic nitrogens is 1. The maximum atomic E-state index is 13.1. The van der Waals surface area contributed by atoms with Gasteiger partial charge in [0.1, 0.15) is 5.01 Å². The van der Waals surface area contributed by atoms with Crippen LogP contribution in [-0.2, 0) is 11.2 Å². The Morgan fingerprint density at radius 3 is 2.85 bits per heavy atom. The van der Waals surface area contributed by atoms with Gasteiger partial charge in [-0.3, -0.25) is 9.69 Å². The highest BCUT2D eigenvalue weighted by molar-refractivity contribution is 7.18. The van der Waals surface area contributed by atoms with Gasteiger partial charge in [-0.05, 0) is 49.6 Å². The Kier molecular flexibility index (Phi) is 4.42. The number of hydrogen-bond donors (Lipinski definition) is 0. The van der Waals surface area contributed by atoms with Crippen molar-refractivity contribution in [3.63, 3.8) is 0 Å². The lowest BCUT2D eigenvalue weighted by atomic mass is 10.0. The van der Waals surface area contributed by atoms with Crippen LogP contribution in [-0.4, -0.2) is 35.4 Å². The third kappa shape index (κ3) is 3.15. The molecule has 2 aliphatic rings. The summed E-state index contributed by atoms with van der Waals surface area (Å²) in [6.45, 7) is 2.26. The van der Waals surface area contributed by atoms with Gasteiger partial charge in [-0.1, -0.05) is 36.8 Å². The summed E-state index contributed by atoms with van der Waals surface area (Å²) >= 11 is 1.78. The standard InChI is InChI=1S/C22H23N3OS/c26-21(25-14-12-16-7-1-3-9-18(16)25)15-24-13-6-5-10-19(24)22-23-17-8-2-4-11-20(17)27-22/h1-4,7-9,11,19H,5-6,10,12-15H2/t19-/m1/s1. The number of anilines is 1. The summed E-state index contributed by atoms with van der Waals surface area (Å²) in [6.07, 6.45) is 4.41. The SMILES string of the molecule is O=C(CN1CCCC[C@@H]1c1nc2ccccc2s1)N1CCc2ccccc21. The van der Waals surface area contributed by atoms with E-state index >= 15 is 0 Å². The third-order valence-corrected chi connectivity index (χ3v) is 6.87. The molecule has 2 aromatic carbocycles. The van der Waals surface area contributed by atoms with Gasteiger partial charge in [0.05, 0.1) is 22.8 Å². The number of para-hydroxylation sites is 2. The molecular weight excluding hydrogens is 354 g/mol. The molecule has 0 saturated carbocycles. The number of nitrogens with zero attached hydrogens (tertiary/aromatic N) is 3. The van der Waals surface area contributed by atoms with E-state index in [1.807, 2.05) is 17.0 Å². The summed E-state index contributed by atoms with van der Waals surface area (Å²) in [4.78, 5) is 22.3. The maximum absolute atomic E-state index is 13.1. The Balaban J connectivity index is 1.37. The second kappa shape index (κ2) is 7.06. The van der Waals surface area contributed by atoms with Crippen LogP contribution in [0, 0.1) is 0 Å². The number of carbonyl (C=O) groups is 1. The molecule has 0 aliphatic carbocycles. The van der Waals surface area contributed by atoms with Crippen molar-refractivity contribution in [1.82, 2.24) is 9.88 Å². The zero-order valence-electron chi connectivity index (χ0n) is 15.3. The van der Waals surface area contributed by atoms with Gasteiger partial charge in [0.25, 0.3) is 0 Å². The van der Waals surface area contributed by atoms with E-state index in [1.54, 1.807) is 11.3 Å². The van der Waals surface area contributed by atoms with Gasteiger partial charge in [-0.25, -0.2) is 4.98 Å². The molecule has 1 amide bonds. The molecule has 1 aromatic heterocycles. The Hall–Kier alpha value is -2.24. The molecule has 3 heterocycles. The predicted molar refractivity (Wildman–Crippen MR) is 110 cm³/mol. The van der Waals surface area contributed by atoms with Crippen molar-refractivity contribution in [2.24, 2.45) is 0 Å². The zero-order valence-corrected chi connectivity index (χ0v) is 16.1. The molecule has 1 saturated heterocycles. The molecule has 1 fully saturated rings. The highest BCUT2D eigenvalue weighted by Crippen LogP contribution is 2.36. The second-order valence-electron chi connectivity index (χ2n) is 7.43. The van der Waals surface area contributed by atoms with Crippen molar-refractivity contribution in [2.75, 3.05) is 24.5 Å². The fourth-order valence-electron chi connectivity index (χ4n) is 4.35. The van der Waals surface area contributed by atoms with Crippen molar-refractivity contribution >= 4 is 33.1 Å². The fraction of sp³-hybridized carbons (Fsp3) is 0.364. The molecule has 0 unspecified atom stereocenters. The van der Waals surface area contributed by atoms with Crippen LogP contribution in [0.25, 0.3) is 10.2 Å². The van der Waals surface area contributed by atoms with Crippen LogP contribution >= 0.6 is 11.3 Å². The number of thiazole rings is 1. The minimum atomic E-state index is 0.216. The highest BCUT2D eigenvalue weighted by atomic mass is 32.1. The number of rotatable bonds is 3. The molecule has 4 nitrogen and oxygen atoms in total. The summed E-state index contributed by atoms with van der Waals surface area (Å²) in [6, 6.07) is 16.9.